The van der Waals surface area contributed by atoms with E-state index < -0.39 is 53.2 Å². The molecule has 0 aliphatic carbocycles. The lowest BCUT2D eigenvalue weighted by molar-refractivity contribution is -0.272. The topological polar surface area (TPSA) is 94.3 Å². The quantitative estimate of drug-likeness (QED) is 0.642. The number of halogens is 5. The van der Waals surface area contributed by atoms with Crippen molar-refractivity contribution >= 4 is 17.5 Å². The molecule has 1 saturated heterocycles. The molecule has 3 rings (SSSR count). The maximum atomic E-state index is 14.5. The molecule has 2 amide bonds. The first-order valence-electron chi connectivity index (χ1n) is 10.1. The number of hydrogen-bond donors (Lipinski definition) is 2. The average molecular weight is 471 g/mol. The van der Waals surface area contributed by atoms with Crippen molar-refractivity contribution < 1.29 is 36.3 Å². The Morgan fingerprint density at radius 2 is 1.91 bits per heavy atom. The van der Waals surface area contributed by atoms with Crippen LogP contribution in [0.4, 0.5) is 27.6 Å². The number of nitrogens with two attached hydrogens (primary N) is 1. The van der Waals surface area contributed by atoms with Gasteiger partial charge in [0.2, 0.25) is 0 Å². The summed E-state index contributed by atoms with van der Waals surface area (Å²) in [5.74, 6) is -6.69. The Morgan fingerprint density at radius 1 is 1.24 bits per heavy atom. The minimum atomic E-state index is -4.85. The smallest absolute Gasteiger partial charge is 0.364 e. The molecule has 0 unspecified atom stereocenters. The first kappa shape index (κ1) is 24.6. The summed E-state index contributed by atoms with van der Waals surface area (Å²) >= 11 is 0. The number of rotatable bonds is 5. The van der Waals surface area contributed by atoms with Gasteiger partial charge in [-0.3, -0.25) is 14.6 Å². The van der Waals surface area contributed by atoms with Crippen molar-refractivity contribution in [2.75, 3.05) is 5.32 Å². The molecule has 1 aromatic heterocycles. The van der Waals surface area contributed by atoms with Crippen LogP contribution in [0.15, 0.2) is 30.5 Å². The van der Waals surface area contributed by atoms with Gasteiger partial charge in [-0.05, 0) is 42.7 Å². The Kier molecular flexibility index (Phi) is 6.47. The molecule has 3 N–H and O–H groups in total. The number of carbonyl (C=O) groups excluding carboxylic acids is 2. The number of aromatic nitrogens is 1. The van der Waals surface area contributed by atoms with Gasteiger partial charge in [-0.25, -0.2) is 8.78 Å². The number of nitrogens with one attached hydrogen (secondary N) is 1. The fourth-order valence-corrected chi connectivity index (χ4v) is 4.16. The predicted molar refractivity (Wildman–Crippen MR) is 108 cm³/mol. The van der Waals surface area contributed by atoms with Gasteiger partial charge in [0.1, 0.15) is 11.8 Å². The van der Waals surface area contributed by atoms with Gasteiger partial charge < -0.3 is 15.8 Å². The fraction of sp³-hybridized carbons (Fsp3) is 0.409. The lowest BCUT2D eigenvalue weighted by Gasteiger charge is -2.32. The zero-order chi connectivity index (χ0) is 24.7. The van der Waals surface area contributed by atoms with E-state index in [9.17, 15) is 31.5 Å². The second kappa shape index (κ2) is 8.69. The molecule has 0 bridgehead atoms. The second-order valence-corrected chi connectivity index (χ2v) is 8.02. The summed E-state index contributed by atoms with van der Waals surface area (Å²) in [6.07, 6.45) is -5.35. The lowest BCUT2D eigenvalue weighted by Crippen LogP contribution is -2.47. The number of pyridine rings is 1. The van der Waals surface area contributed by atoms with E-state index in [1.807, 2.05) is 0 Å². The van der Waals surface area contributed by atoms with Crippen LogP contribution in [0.25, 0.3) is 0 Å². The second-order valence-electron chi connectivity index (χ2n) is 8.02. The molecule has 0 saturated carbocycles. The largest absolute Gasteiger partial charge is 0.417 e. The van der Waals surface area contributed by atoms with Gasteiger partial charge in [0.15, 0.2) is 17.2 Å². The van der Waals surface area contributed by atoms with E-state index in [1.165, 1.54) is 32.2 Å². The minimum Gasteiger partial charge on any atom is -0.364 e. The highest BCUT2D eigenvalue weighted by molar-refractivity contribution is 5.97. The van der Waals surface area contributed by atoms with Crippen LogP contribution in [-0.4, -0.2) is 34.7 Å². The number of carbonyl (C=O) groups is 2. The summed E-state index contributed by atoms with van der Waals surface area (Å²) in [5.41, 5.74) is 2.26. The highest BCUT2D eigenvalue weighted by Gasteiger charge is 2.65. The van der Waals surface area contributed by atoms with E-state index in [0.717, 1.165) is 19.1 Å². The van der Waals surface area contributed by atoms with Crippen molar-refractivity contribution in [3.05, 3.63) is 58.9 Å². The molecule has 1 aromatic carbocycles. The van der Waals surface area contributed by atoms with Gasteiger partial charge in [-0.1, -0.05) is 19.9 Å². The first-order valence-corrected chi connectivity index (χ1v) is 10.1. The maximum absolute atomic E-state index is 14.5. The molecular formula is C22H22F5N3O3. The third-order valence-corrected chi connectivity index (χ3v) is 6.15. The molecule has 1 aliphatic rings. The highest BCUT2D eigenvalue weighted by atomic mass is 19.4. The van der Waals surface area contributed by atoms with E-state index in [1.54, 1.807) is 0 Å². The van der Waals surface area contributed by atoms with Crippen molar-refractivity contribution in [1.82, 2.24) is 4.98 Å². The monoisotopic (exact) mass is 471 g/mol. The standard InChI is InChI=1S/C22H22F5N3O3/c1-4-12-13(5-6-14(23)17(12)24)16-10(2)21(3,22(25,26)27)33-18(16)20(32)30-11-7-8-29-15(9-11)19(28)31/h5-10,16,18H,4H2,1-3H3,(H2,28,31)(H,29,30,32)/t10-,16-,18+,21-/m1/s1. The van der Waals surface area contributed by atoms with Crippen molar-refractivity contribution in [3.63, 3.8) is 0 Å². The van der Waals surface area contributed by atoms with Crippen molar-refractivity contribution in [1.29, 1.82) is 0 Å². The molecule has 1 aliphatic heterocycles. The zero-order valence-corrected chi connectivity index (χ0v) is 18.0. The minimum absolute atomic E-state index is 0.00839. The highest BCUT2D eigenvalue weighted by Crippen LogP contribution is 2.54. The number of nitrogens with zero attached hydrogens (tertiary/aromatic N) is 1. The van der Waals surface area contributed by atoms with Crippen LogP contribution in [0.5, 0.6) is 0 Å². The summed E-state index contributed by atoms with van der Waals surface area (Å²) in [4.78, 5) is 28.1. The molecule has 2 heterocycles. The summed E-state index contributed by atoms with van der Waals surface area (Å²) in [6.45, 7) is 3.60. The van der Waals surface area contributed by atoms with Crippen LogP contribution in [-0.2, 0) is 16.0 Å². The number of hydrogen-bond acceptors (Lipinski definition) is 4. The van der Waals surface area contributed by atoms with Crippen molar-refractivity contribution in [2.45, 2.75) is 51.0 Å². The Balaban J connectivity index is 2.07. The zero-order valence-electron chi connectivity index (χ0n) is 18.0. The molecule has 33 heavy (non-hydrogen) atoms. The molecule has 6 nitrogen and oxygen atoms in total. The van der Waals surface area contributed by atoms with E-state index in [4.69, 9.17) is 10.5 Å². The molecular weight excluding hydrogens is 449 g/mol. The van der Waals surface area contributed by atoms with Crippen LogP contribution in [0.3, 0.4) is 0 Å². The number of ether oxygens (including phenoxy) is 1. The molecule has 2 aromatic rings. The Morgan fingerprint density at radius 3 is 2.48 bits per heavy atom. The van der Waals surface area contributed by atoms with Gasteiger partial charge in [-0.2, -0.15) is 13.2 Å². The van der Waals surface area contributed by atoms with E-state index in [-0.39, 0.29) is 28.9 Å². The summed E-state index contributed by atoms with van der Waals surface area (Å²) in [6, 6.07) is 4.47. The van der Waals surface area contributed by atoms with E-state index >= 15 is 0 Å². The third kappa shape index (κ3) is 4.29. The number of benzene rings is 1. The van der Waals surface area contributed by atoms with Gasteiger partial charge in [0, 0.05) is 23.7 Å². The summed E-state index contributed by atoms with van der Waals surface area (Å²) in [5, 5.41) is 2.41. The predicted octanol–water partition coefficient (Wildman–Crippen LogP) is 4.10. The van der Waals surface area contributed by atoms with E-state index in [0.29, 0.717) is 0 Å². The van der Waals surface area contributed by atoms with E-state index in [2.05, 4.69) is 10.3 Å². The SMILES string of the molecule is CCc1c([C@@H]2[C@@H](C(=O)Nc3ccnc(C(N)=O)c3)O[C@@](C)(C(F)(F)F)[C@@H]2C)ccc(F)c1F. The van der Waals surface area contributed by atoms with Gasteiger partial charge in [-0.15, -0.1) is 0 Å². The van der Waals surface area contributed by atoms with Crippen LogP contribution < -0.4 is 11.1 Å². The molecule has 0 radical (unpaired) electrons. The average Bonchev–Trinajstić information content (AvgIpc) is 3.02. The summed E-state index contributed by atoms with van der Waals surface area (Å²) in [7, 11) is 0. The molecule has 1 fully saturated rings. The van der Waals surface area contributed by atoms with Crippen LogP contribution in [0.2, 0.25) is 0 Å². The van der Waals surface area contributed by atoms with Crippen LogP contribution in [0.1, 0.15) is 48.3 Å². The van der Waals surface area contributed by atoms with Gasteiger partial charge in [0.25, 0.3) is 11.8 Å². The number of alkyl halides is 3. The number of anilines is 1. The molecule has 0 spiro atoms. The Hall–Kier alpha value is -3.08. The normalized spacial score (nSPS) is 25.2. The first-order chi connectivity index (χ1) is 15.3. The van der Waals surface area contributed by atoms with Crippen LogP contribution >= 0.6 is 0 Å². The Bertz CT molecular complexity index is 1090. The Labute approximate surface area is 186 Å². The van der Waals surface area contributed by atoms with Gasteiger partial charge in [0.05, 0.1) is 0 Å². The molecule has 178 valence electrons. The van der Waals surface area contributed by atoms with Crippen LogP contribution in [0, 0.1) is 17.6 Å². The number of primary amides is 1. The molecule has 4 atom stereocenters. The maximum Gasteiger partial charge on any atom is 0.417 e. The van der Waals surface area contributed by atoms with Gasteiger partial charge >= 0.3 is 6.18 Å². The fourth-order valence-electron chi connectivity index (χ4n) is 4.16. The number of amides is 2. The lowest BCUT2D eigenvalue weighted by atomic mass is 9.75. The van der Waals surface area contributed by atoms with Crippen molar-refractivity contribution in [2.24, 2.45) is 11.7 Å². The van der Waals surface area contributed by atoms with Crippen molar-refractivity contribution in [3.8, 4) is 0 Å². The third-order valence-electron chi connectivity index (χ3n) is 6.15. The summed E-state index contributed by atoms with van der Waals surface area (Å²) < 4.78 is 75.5. The molecule has 11 heteroatoms.